The summed E-state index contributed by atoms with van der Waals surface area (Å²) < 4.78 is 0. The largest absolute Gasteiger partial charge is 0.367 e. The maximum absolute atomic E-state index is 13.6. The Hall–Kier alpha value is -2.18. The van der Waals surface area contributed by atoms with Crippen molar-refractivity contribution >= 4 is 23.3 Å². The molecule has 3 aliphatic rings. The molecule has 44 heavy (non-hydrogen) atoms. The quantitative estimate of drug-likeness (QED) is 0.230. The van der Waals surface area contributed by atoms with E-state index < -0.39 is 6.04 Å². The maximum atomic E-state index is 13.6. The van der Waals surface area contributed by atoms with Gasteiger partial charge in [0, 0.05) is 18.0 Å². The number of Topliss-reactive ketones (excluding diaryl/α,β-unsaturated/α-hetero) is 3. The molecule has 0 bridgehead atoms. The molecule has 2 aliphatic carbocycles. The van der Waals surface area contributed by atoms with Gasteiger partial charge < -0.3 is 15.5 Å². The number of fused-ring (bicyclic) bond motifs is 1. The highest BCUT2D eigenvalue weighted by atomic mass is 16.2. The Balaban J connectivity index is 0.000000975. The molecular formula is C37H69N3O4. The van der Waals surface area contributed by atoms with Crippen molar-refractivity contribution < 1.29 is 19.2 Å². The number of piperidine rings is 1. The van der Waals surface area contributed by atoms with Crippen LogP contribution in [-0.2, 0) is 19.2 Å². The van der Waals surface area contributed by atoms with E-state index in [1.807, 2.05) is 39.5 Å². The van der Waals surface area contributed by atoms with E-state index in [4.69, 9.17) is 0 Å². The van der Waals surface area contributed by atoms with E-state index in [1.54, 1.807) is 6.92 Å². The van der Waals surface area contributed by atoms with Crippen LogP contribution in [0.25, 0.3) is 0 Å². The molecule has 256 valence electrons. The van der Waals surface area contributed by atoms with Gasteiger partial charge in [0.05, 0.1) is 18.3 Å². The van der Waals surface area contributed by atoms with Gasteiger partial charge in [-0.05, 0) is 68.6 Å². The van der Waals surface area contributed by atoms with Gasteiger partial charge in [-0.25, -0.2) is 0 Å². The van der Waals surface area contributed by atoms with Crippen LogP contribution < -0.4 is 10.6 Å². The van der Waals surface area contributed by atoms with Gasteiger partial charge in [0.1, 0.15) is 17.6 Å². The Bertz CT molecular complexity index is 972. The fraction of sp³-hybridized carbons (Fsp3) is 0.838. The first kappa shape index (κ1) is 41.8. The molecule has 3 unspecified atom stereocenters. The minimum Gasteiger partial charge on any atom is -0.367 e. The van der Waals surface area contributed by atoms with Crippen molar-refractivity contribution in [1.82, 2.24) is 15.5 Å². The van der Waals surface area contributed by atoms with E-state index in [2.05, 4.69) is 72.6 Å². The zero-order chi connectivity index (χ0) is 34.8. The molecule has 2 saturated carbocycles. The molecule has 0 aromatic heterocycles. The number of carbonyl (C=O) groups excluding carboxylic acids is 4. The second-order valence-electron chi connectivity index (χ2n) is 15.2. The summed E-state index contributed by atoms with van der Waals surface area (Å²) in [4.78, 5) is 49.7. The van der Waals surface area contributed by atoms with Gasteiger partial charge in [-0.1, -0.05) is 103 Å². The maximum Gasteiger partial charge on any atom is 0.246 e. The monoisotopic (exact) mass is 620 g/mol. The molecule has 7 heteroatoms. The third-order valence-electron chi connectivity index (χ3n) is 9.30. The highest BCUT2D eigenvalue weighted by Crippen LogP contribution is 2.65. The lowest BCUT2D eigenvalue weighted by Gasteiger charge is -2.39. The molecule has 1 amide bonds. The number of likely N-dealkylation sites (tertiary alicyclic amines) is 1. The van der Waals surface area contributed by atoms with Gasteiger partial charge in [0.25, 0.3) is 0 Å². The van der Waals surface area contributed by atoms with Gasteiger partial charge in [-0.15, -0.1) is 0 Å². The summed E-state index contributed by atoms with van der Waals surface area (Å²) in [5.41, 5.74) is -0.0707. The first-order valence-electron chi connectivity index (χ1n) is 17.3. The summed E-state index contributed by atoms with van der Waals surface area (Å²) in [5, 5.41) is 6.91. The van der Waals surface area contributed by atoms with Crippen molar-refractivity contribution in [3.63, 3.8) is 0 Å². The highest BCUT2D eigenvalue weighted by molar-refractivity contribution is 5.98. The van der Waals surface area contributed by atoms with Crippen LogP contribution in [0.3, 0.4) is 0 Å². The molecule has 0 aromatic rings. The number of carbonyl (C=O) groups is 4. The molecular weight excluding hydrogens is 550 g/mol. The minimum absolute atomic E-state index is 0.0234. The smallest absolute Gasteiger partial charge is 0.246 e. The zero-order valence-corrected chi connectivity index (χ0v) is 31.2. The van der Waals surface area contributed by atoms with Gasteiger partial charge in [0.2, 0.25) is 5.91 Å². The van der Waals surface area contributed by atoms with Gasteiger partial charge in [-0.3, -0.25) is 19.2 Å². The number of rotatable bonds is 11. The van der Waals surface area contributed by atoms with Crippen molar-refractivity contribution in [1.29, 1.82) is 0 Å². The molecule has 3 rings (SSSR count). The Morgan fingerprint density at radius 3 is 1.84 bits per heavy atom. The lowest BCUT2D eigenvalue weighted by atomic mass is 9.85. The average Bonchev–Trinajstić information content (AvgIpc) is 3.28. The van der Waals surface area contributed by atoms with Crippen molar-refractivity contribution in [2.45, 2.75) is 160 Å². The number of nitrogens with one attached hydrogen (secondary N) is 2. The third kappa shape index (κ3) is 11.6. The van der Waals surface area contributed by atoms with Crippen LogP contribution in [0, 0.1) is 34.5 Å². The zero-order valence-electron chi connectivity index (χ0n) is 31.2. The second kappa shape index (κ2) is 17.5. The summed E-state index contributed by atoms with van der Waals surface area (Å²) >= 11 is 0. The van der Waals surface area contributed by atoms with E-state index in [0.29, 0.717) is 30.1 Å². The summed E-state index contributed by atoms with van der Waals surface area (Å²) in [7, 11) is 0. The summed E-state index contributed by atoms with van der Waals surface area (Å²) in [6.07, 6.45) is 5.69. The first-order chi connectivity index (χ1) is 20.2. The average molecular weight is 620 g/mol. The van der Waals surface area contributed by atoms with Crippen LogP contribution in [0.15, 0.2) is 12.4 Å². The van der Waals surface area contributed by atoms with Crippen LogP contribution in [-0.4, -0.2) is 52.3 Å². The second-order valence-corrected chi connectivity index (χ2v) is 15.2. The molecule has 2 N–H and O–H groups in total. The molecule has 3 fully saturated rings. The summed E-state index contributed by atoms with van der Waals surface area (Å²) in [5.74, 6) is 2.18. The van der Waals surface area contributed by atoms with Crippen molar-refractivity contribution in [3.8, 4) is 0 Å². The first-order valence-corrected chi connectivity index (χ1v) is 17.3. The van der Waals surface area contributed by atoms with Gasteiger partial charge >= 0.3 is 0 Å². The fourth-order valence-corrected chi connectivity index (χ4v) is 6.91. The molecule has 0 aromatic carbocycles. The molecule has 5 atom stereocenters. The molecule has 1 heterocycles. The molecule has 1 saturated heterocycles. The molecule has 7 nitrogen and oxygen atoms in total. The van der Waals surface area contributed by atoms with Gasteiger partial charge in [-0.2, -0.15) is 0 Å². The Labute approximate surface area is 271 Å². The van der Waals surface area contributed by atoms with Crippen molar-refractivity contribution in [3.05, 3.63) is 12.4 Å². The molecule has 0 spiro atoms. The van der Waals surface area contributed by atoms with E-state index in [1.165, 1.54) is 19.8 Å². The third-order valence-corrected chi connectivity index (χ3v) is 9.30. The van der Waals surface area contributed by atoms with Crippen molar-refractivity contribution in [2.75, 3.05) is 6.54 Å². The van der Waals surface area contributed by atoms with Gasteiger partial charge in [0.15, 0.2) is 5.78 Å². The van der Waals surface area contributed by atoms with Crippen molar-refractivity contribution in [2.24, 2.45) is 34.5 Å². The van der Waals surface area contributed by atoms with Crippen LogP contribution in [0.4, 0.5) is 0 Å². The number of hydrogen-bond donors (Lipinski definition) is 2. The normalized spacial score (nSPS) is 23.6. The number of nitrogens with zero attached hydrogens (tertiary/aromatic N) is 1. The Kier molecular flexibility index (Phi) is 16.6. The van der Waals surface area contributed by atoms with Crippen LogP contribution in [0.1, 0.15) is 142 Å². The van der Waals surface area contributed by atoms with E-state index in [0.717, 1.165) is 19.3 Å². The number of amides is 1. The molecule has 0 radical (unpaired) electrons. The van der Waals surface area contributed by atoms with E-state index in [9.17, 15) is 19.2 Å². The predicted molar refractivity (Wildman–Crippen MR) is 184 cm³/mol. The summed E-state index contributed by atoms with van der Waals surface area (Å²) in [6, 6.07) is -0.701. The SMILES string of the molecule is C=C(NC(C(=O)N1C[C@H]2[C@@H](C1C(C)=O)C2(C)C)C(C)(C)C)NC1(C)CCCC1.CC.CC.CC(=O)CC(=O)C(C)CC(C)C. The topological polar surface area (TPSA) is 95.6 Å². The number of ketones is 3. The highest BCUT2D eigenvalue weighted by Gasteiger charge is 2.69. The Morgan fingerprint density at radius 1 is 0.932 bits per heavy atom. The van der Waals surface area contributed by atoms with Crippen LogP contribution in [0.2, 0.25) is 0 Å². The predicted octanol–water partition coefficient (Wildman–Crippen LogP) is 7.73. The lowest BCUT2D eigenvalue weighted by molar-refractivity contribution is -0.142. The minimum atomic E-state index is -0.417. The summed E-state index contributed by atoms with van der Waals surface area (Å²) in [6.45, 7) is 34.9. The van der Waals surface area contributed by atoms with E-state index in [-0.39, 0.29) is 58.0 Å². The lowest BCUT2D eigenvalue weighted by Crippen LogP contribution is -2.58. The Morgan fingerprint density at radius 2 is 1.43 bits per heavy atom. The molecule has 1 aliphatic heterocycles. The van der Waals surface area contributed by atoms with Crippen LogP contribution in [0.5, 0.6) is 0 Å². The van der Waals surface area contributed by atoms with Crippen LogP contribution >= 0.6 is 0 Å². The number of hydrogen-bond acceptors (Lipinski definition) is 6. The van der Waals surface area contributed by atoms with E-state index >= 15 is 0 Å². The fourth-order valence-electron chi connectivity index (χ4n) is 6.91. The standard InChI is InChI=1S/C23H39N3O2.C10H18O2.2C2H6/c1-14(27)18-17-16(22(17,6)7)13-26(18)20(28)19(21(3,4)5)24-15(2)25-23(8)11-9-10-12-23;1-7(2)5-8(3)10(12)6-9(4)11;2*1-2/h16-19,24-25H,2,9-13H2,1,3-8H3;7-8H,5-6H2,1-4H3;2*1-2H3/t16-,17-,18?,19?;;;/m0.../s1.